The number of carbonyl (C=O) groups excluding carboxylic acids is 1. The fraction of sp³-hybridized carbons (Fsp3) is 0.316. The van der Waals surface area contributed by atoms with Gasteiger partial charge >= 0.3 is 0 Å². The SMILES string of the molecule is CCOc1ccccc1C(=O)Nc1ccc([C@H](C)CC)cc1. The molecule has 116 valence electrons. The number of nitrogens with one attached hydrogen (secondary N) is 1. The number of hydrogen-bond acceptors (Lipinski definition) is 2. The lowest BCUT2D eigenvalue weighted by Gasteiger charge is -2.12. The number of rotatable bonds is 6. The lowest BCUT2D eigenvalue weighted by molar-refractivity contribution is 0.102. The monoisotopic (exact) mass is 297 g/mol. The minimum absolute atomic E-state index is 0.152. The van der Waals surface area contributed by atoms with Crippen molar-refractivity contribution in [2.45, 2.75) is 33.1 Å². The van der Waals surface area contributed by atoms with Crippen LogP contribution in [0.4, 0.5) is 5.69 Å². The molecular weight excluding hydrogens is 274 g/mol. The number of amides is 1. The van der Waals surface area contributed by atoms with Crippen molar-refractivity contribution >= 4 is 11.6 Å². The minimum atomic E-state index is -0.152. The Labute approximate surface area is 132 Å². The van der Waals surface area contributed by atoms with E-state index in [4.69, 9.17) is 4.74 Å². The Morgan fingerprint density at radius 2 is 1.77 bits per heavy atom. The average molecular weight is 297 g/mol. The highest BCUT2D eigenvalue weighted by Gasteiger charge is 2.12. The summed E-state index contributed by atoms with van der Waals surface area (Å²) in [5, 5.41) is 2.92. The van der Waals surface area contributed by atoms with Crippen molar-refractivity contribution in [3.8, 4) is 5.75 Å². The molecule has 3 heteroatoms. The molecule has 0 spiro atoms. The Hall–Kier alpha value is -2.29. The first kappa shape index (κ1) is 16.1. The van der Waals surface area contributed by atoms with E-state index in [9.17, 15) is 4.79 Å². The quantitative estimate of drug-likeness (QED) is 0.827. The van der Waals surface area contributed by atoms with Crippen LogP contribution in [0.15, 0.2) is 48.5 Å². The van der Waals surface area contributed by atoms with Gasteiger partial charge in [0.1, 0.15) is 5.75 Å². The van der Waals surface area contributed by atoms with E-state index in [0.717, 1.165) is 12.1 Å². The first-order chi connectivity index (χ1) is 10.7. The molecule has 0 fully saturated rings. The van der Waals surface area contributed by atoms with Crippen LogP contribution in [0.25, 0.3) is 0 Å². The molecule has 0 unspecified atom stereocenters. The molecule has 3 nitrogen and oxygen atoms in total. The van der Waals surface area contributed by atoms with E-state index in [1.807, 2.05) is 37.3 Å². The molecule has 0 aromatic heterocycles. The standard InChI is InChI=1S/C19H23NO2/c1-4-14(3)15-10-12-16(13-11-15)20-19(21)17-8-6-7-9-18(17)22-5-2/h6-14H,4-5H2,1-3H3,(H,20,21)/t14-/m1/s1. The minimum Gasteiger partial charge on any atom is -0.493 e. The summed E-state index contributed by atoms with van der Waals surface area (Å²) < 4.78 is 5.50. The molecule has 1 N–H and O–H groups in total. The highest BCUT2D eigenvalue weighted by Crippen LogP contribution is 2.22. The van der Waals surface area contributed by atoms with Crippen LogP contribution in [0.2, 0.25) is 0 Å². The Morgan fingerprint density at radius 1 is 1.09 bits per heavy atom. The highest BCUT2D eigenvalue weighted by atomic mass is 16.5. The number of para-hydroxylation sites is 1. The van der Waals surface area contributed by atoms with Crippen molar-refractivity contribution in [1.82, 2.24) is 0 Å². The van der Waals surface area contributed by atoms with E-state index in [2.05, 4.69) is 31.3 Å². The maximum Gasteiger partial charge on any atom is 0.259 e. The molecule has 1 atom stereocenters. The van der Waals surface area contributed by atoms with Gasteiger partial charge in [0.05, 0.1) is 12.2 Å². The van der Waals surface area contributed by atoms with Gasteiger partial charge in [0.2, 0.25) is 0 Å². The first-order valence-electron chi connectivity index (χ1n) is 7.78. The van der Waals surface area contributed by atoms with Crippen LogP contribution in [-0.4, -0.2) is 12.5 Å². The van der Waals surface area contributed by atoms with Crippen LogP contribution < -0.4 is 10.1 Å². The molecule has 0 aliphatic rings. The first-order valence-corrected chi connectivity index (χ1v) is 7.78. The zero-order valence-electron chi connectivity index (χ0n) is 13.4. The van der Waals surface area contributed by atoms with Crippen LogP contribution in [-0.2, 0) is 0 Å². The van der Waals surface area contributed by atoms with Gasteiger partial charge in [0.15, 0.2) is 0 Å². The molecule has 0 radical (unpaired) electrons. The van der Waals surface area contributed by atoms with Crippen molar-refractivity contribution in [1.29, 1.82) is 0 Å². The summed E-state index contributed by atoms with van der Waals surface area (Å²) in [5.74, 6) is 0.988. The summed E-state index contributed by atoms with van der Waals surface area (Å²) in [4.78, 5) is 12.4. The number of benzene rings is 2. The third-order valence-corrected chi connectivity index (χ3v) is 3.78. The van der Waals surface area contributed by atoms with Gasteiger partial charge in [0, 0.05) is 5.69 Å². The number of ether oxygens (including phenoxy) is 1. The van der Waals surface area contributed by atoms with Crippen LogP contribution in [0.5, 0.6) is 5.75 Å². The molecule has 22 heavy (non-hydrogen) atoms. The van der Waals surface area contributed by atoms with Crippen LogP contribution in [0, 0.1) is 0 Å². The summed E-state index contributed by atoms with van der Waals surface area (Å²) in [5.41, 5.74) is 2.63. The van der Waals surface area contributed by atoms with Gasteiger partial charge < -0.3 is 10.1 Å². The van der Waals surface area contributed by atoms with Gasteiger partial charge in [-0.3, -0.25) is 4.79 Å². The van der Waals surface area contributed by atoms with E-state index < -0.39 is 0 Å². The molecule has 0 bridgehead atoms. The molecule has 0 saturated carbocycles. The number of hydrogen-bond donors (Lipinski definition) is 1. The Bertz CT molecular complexity index is 620. The fourth-order valence-corrected chi connectivity index (χ4v) is 2.26. The zero-order valence-corrected chi connectivity index (χ0v) is 13.4. The molecule has 2 aromatic rings. The van der Waals surface area contributed by atoms with Gasteiger partial charge in [-0.1, -0.05) is 38.1 Å². The lowest BCUT2D eigenvalue weighted by Crippen LogP contribution is -2.13. The Balaban J connectivity index is 2.12. The molecule has 2 aromatic carbocycles. The van der Waals surface area contributed by atoms with E-state index in [1.165, 1.54) is 5.56 Å². The van der Waals surface area contributed by atoms with Crippen molar-refractivity contribution in [3.05, 3.63) is 59.7 Å². The molecule has 2 rings (SSSR count). The maximum absolute atomic E-state index is 12.4. The maximum atomic E-state index is 12.4. The second-order valence-corrected chi connectivity index (χ2v) is 5.31. The summed E-state index contributed by atoms with van der Waals surface area (Å²) >= 11 is 0. The van der Waals surface area contributed by atoms with Crippen LogP contribution in [0.1, 0.15) is 49.0 Å². The molecule has 0 aliphatic carbocycles. The van der Waals surface area contributed by atoms with Gasteiger partial charge in [-0.05, 0) is 49.1 Å². The topological polar surface area (TPSA) is 38.3 Å². The van der Waals surface area contributed by atoms with Gasteiger partial charge in [-0.25, -0.2) is 0 Å². The lowest BCUT2D eigenvalue weighted by atomic mass is 9.98. The normalized spacial score (nSPS) is 11.8. The third-order valence-electron chi connectivity index (χ3n) is 3.78. The Morgan fingerprint density at radius 3 is 2.41 bits per heavy atom. The summed E-state index contributed by atoms with van der Waals surface area (Å²) in [6.45, 7) is 6.81. The molecule has 0 saturated heterocycles. The van der Waals surface area contributed by atoms with Crippen molar-refractivity contribution in [3.63, 3.8) is 0 Å². The largest absolute Gasteiger partial charge is 0.493 e. The summed E-state index contributed by atoms with van der Waals surface area (Å²) in [7, 11) is 0. The average Bonchev–Trinajstić information content (AvgIpc) is 2.55. The summed E-state index contributed by atoms with van der Waals surface area (Å²) in [6, 6.07) is 15.3. The summed E-state index contributed by atoms with van der Waals surface area (Å²) in [6.07, 6.45) is 1.10. The smallest absolute Gasteiger partial charge is 0.259 e. The Kier molecular flexibility index (Phi) is 5.59. The van der Waals surface area contributed by atoms with E-state index in [1.54, 1.807) is 6.07 Å². The fourth-order valence-electron chi connectivity index (χ4n) is 2.26. The highest BCUT2D eigenvalue weighted by molar-refractivity contribution is 6.06. The van der Waals surface area contributed by atoms with Gasteiger partial charge in [0.25, 0.3) is 5.91 Å². The van der Waals surface area contributed by atoms with Gasteiger partial charge in [-0.2, -0.15) is 0 Å². The molecule has 0 heterocycles. The predicted octanol–water partition coefficient (Wildman–Crippen LogP) is 4.85. The van der Waals surface area contributed by atoms with Crippen molar-refractivity contribution < 1.29 is 9.53 Å². The molecular formula is C19H23NO2. The van der Waals surface area contributed by atoms with Crippen LogP contribution >= 0.6 is 0 Å². The second kappa shape index (κ2) is 7.64. The van der Waals surface area contributed by atoms with E-state index >= 15 is 0 Å². The number of anilines is 1. The van der Waals surface area contributed by atoms with Gasteiger partial charge in [-0.15, -0.1) is 0 Å². The number of carbonyl (C=O) groups is 1. The van der Waals surface area contributed by atoms with E-state index in [-0.39, 0.29) is 5.91 Å². The van der Waals surface area contributed by atoms with E-state index in [0.29, 0.717) is 23.8 Å². The third kappa shape index (κ3) is 3.88. The molecule has 0 aliphatic heterocycles. The second-order valence-electron chi connectivity index (χ2n) is 5.31. The van der Waals surface area contributed by atoms with Crippen LogP contribution in [0.3, 0.4) is 0 Å². The molecule has 1 amide bonds. The van der Waals surface area contributed by atoms with Crippen molar-refractivity contribution in [2.24, 2.45) is 0 Å². The zero-order chi connectivity index (χ0) is 15.9. The van der Waals surface area contributed by atoms with Crippen molar-refractivity contribution in [2.75, 3.05) is 11.9 Å². The predicted molar refractivity (Wildman–Crippen MR) is 90.7 cm³/mol.